The highest BCUT2D eigenvalue weighted by Crippen LogP contribution is 2.52. The highest BCUT2D eigenvalue weighted by atomic mass is 14.4. The second kappa shape index (κ2) is 7.05. The Labute approximate surface area is 195 Å². The van der Waals surface area contributed by atoms with Crippen LogP contribution in [-0.2, 0) is 0 Å². The van der Waals surface area contributed by atoms with Crippen molar-refractivity contribution in [1.29, 1.82) is 0 Å². The molecule has 0 saturated carbocycles. The fourth-order valence-electron chi connectivity index (χ4n) is 6.15. The fraction of sp³-hybridized carbons (Fsp3) is 0.0606. The standard InChI is InChI=1S/C33H23/c1-21-22(32-28-15-6-2-11-24(28)25-12-3-7-16-29(25)32)19-10-20-23(21)33-30-17-8-4-13-26(30)27-14-5-9-18-31(27)33/h2-20,32-33H,1H2. The minimum atomic E-state index is 0.219. The molecule has 0 heteroatoms. The van der Waals surface area contributed by atoms with Gasteiger partial charge in [-0.15, -0.1) is 0 Å². The van der Waals surface area contributed by atoms with Crippen molar-refractivity contribution in [3.63, 3.8) is 0 Å². The van der Waals surface area contributed by atoms with Gasteiger partial charge in [0.1, 0.15) is 0 Å². The van der Waals surface area contributed by atoms with Crippen molar-refractivity contribution in [3.8, 4) is 22.3 Å². The summed E-state index contributed by atoms with van der Waals surface area (Å²) in [5.74, 6) is 0.438. The van der Waals surface area contributed by atoms with Crippen LogP contribution in [0.15, 0.2) is 115 Å². The van der Waals surface area contributed by atoms with Crippen LogP contribution in [0.25, 0.3) is 22.3 Å². The first-order valence-electron chi connectivity index (χ1n) is 11.6. The molecule has 5 aromatic carbocycles. The van der Waals surface area contributed by atoms with E-state index in [1.54, 1.807) is 0 Å². The van der Waals surface area contributed by atoms with Gasteiger partial charge in [-0.2, -0.15) is 0 Å². The number of hydrogen-bond donors (Lipinski definition) is 0. The van der Waals surface area contributed by atoms with Crippen LogP contribution in [0, 0.1) is 6.92 Å². The second-order valence-corrected chi connectivity index (χ2v) is 9.13. The van der Waals surface area contributed by atoms with E-state index in [4.69, 9.17) is 6.92 Å². The van der Waals surface area contributed by atoms with Crippen molar-refractivity contribution < 1.29 is 0 Å². The molecule has 0 fully saturated rings. The molecule has 0 heterocycles. The molecule has 2 aliphatic carbocycles. The molecule has 5 aromatic rings. The van der Waals surface area contributed by atoms with Gasteiger partial charge in [-0.3, -0.25) is 0 Å². The normalized spacial score (nSPS) is 14.0. The van der Waals surface area contributed by atoms with Crippen LogP contribution in [0.1, 0.15) is 50.8 Å². The van der Waals surface area contributed by atoms with Gasteiger partial charge in [0.25, 0.3) is 0 Å². The summed E-state index contributed by atoms with van der Waals surface area (Å²) in [6, 6.07) is 42.2. The highest BCUT2D eigenvalue weighted by molar-refractivity contribution is 5.83. The number of hydrogen-bond acceptors (Lipinski definition) is 0. The van der Waals surface area contributed by atoms with Crippen LogP contribution in [0.2, 0.25) is 0 Å². The van der Waals surface area contributed by atoms with Crippen LogP contribution in [0.3, 0.4) is 0 Å². The number of benzene rings is 5. The Kier molecular flexibility index (Phi) is 3.98. The fourth-order valence-corrected chi connectivity index (χ4v) is 6.15. The van der Waals surface area contributed by atoms with E-state index in [-0.39, 0.29) is 11.8 Å². The van der Waals surface area contributed by atoms with E-state index in [1.807, 2.05) is 0 Å². The Morgan fingerprint density at radius 1 is 0.333 bits per heavy atom. The summed E-state index contributed by atoms with van der Waals surface area (Å²) in [6.07, 6.45) is 0. The molecule has 0 N–H and O–H groups in total. The molecule has 0 atom stereocenters. The van der Waals surface area contributed by atoms with Gasteiger partial charge in [0, 0.05) is 11.8 Å². The molecule has 0 aromatic heterocycles. The quantitative estimate of drug-likeness (QED) is 0.265. The lowest BCUT2D eigenvalue weighted by atomic mass is 9.80. The summed E-state index contributed by atoms with van der Waals surface area (Å²) in [6.45, 7) is 4.70. The molecule has 0 unspecified atom stereocenters. The van der Waals surface area contributed by atoms with Gasteiger partial charge in [0.15, 0.2) is 0 Å². The largest absolute Gasteiger partial charge is 0.0619 e. The number of rotatable bonds is 2. The van der Waals surface area contributed by atoms with Crippen LogP contribution in [0.5, 0.6) is 0 Å². The summed E-state index contributed by atoms with van der Waals surface area (Å²) < 4.78 is 0. The molecule has 1 radical (unpaired) electrons. The molecule has 0 spiro atoms. The molecular weight excluding hydrogens is 396 g/mol. The van der Waals surface area contributed by atoms with E-state index in [2.05, 4.69) is 115 Å². The third-order valence-electron chi connectivity index (χ3n) is 7.54. The van der Waals surface area contributed by atoms with Crippen LogP contribution < -0.4 is 0 Å². The minimum absolute atomic E-state index is 0.219. The average Bonchev–Trinajstić information content (AvgIpc) is 3.38. The first kappa shape index (κ1) is 18.7. The predicted octanol–water partition coefficient (Wildman–Crippen LogP) is 8.19. The first-order valence-corrected chi connectivity index (χ1v) is 11.6. The van der Waals surface area contributed by atoms with Gasteiger partial charge in [0.05, 0.1) is 0 Å². The van der Waals surface area contributed by atoms with E-state index in [9.17, 15) is 0 Å². The third-order valence-corrected chi connectivity index (χ3v) is 7.54. The summed E-state index contributed by atoms with van der Waals surface area (Å²) in [7, 11) is 0. The Morgan fingerprint density at radius 2 is 0.606 bits per heavy atom. The van der Waals surface area contributed by atoms with Crippen molar-refractivity contribution in [3.05, 3.63) is 161 Å². The zero-order valence-electron chi connectivity index (χ0n) is 18.3. The third kappa shape index (κ3) is 2.58. The molecule has 33 heavy (non-hydrogen) atoms. The number of fused-ring (bicyclic) bond motifs is 6. The zero-order valence-corrected chi connectivity index (χ0v) is 18.3. The van der Waals surface area contributed by atoms with Gasteiger partial charge < -0.3 is 0 Å². The lowest BCUT2D eigenvalue weighted by molar-refractivity contribution is 0.959. The predicted molar refractivity (Wildman–Crippen MR) is 137 cm³/mol. The van der Waals surface area contributed by atoms with E-state index in [0.717, 1.165) is 5.56 Å². The first-order chi connectivity index (χ1) is 16.3. The van der Waals surface area contributed by atoms with Crippen molar-refractivity contribution >= 4 is 0 Å². The van der Waals surface area contributed by atoms with Gasteiger partial charge >= 0.3 is 0 Å². The highest BCUT2D eigenvalue weighted by Gasteiger charge is 2.34. The molecule has 2 aliphatic rings. The summed E-state index contributed by atoms with van der Waals surface area (Å²) in [5, 5.41) is 0. The van der Waals surface area contributed by atoms with E-state index >= 15 is 0 Å². The molecule has 0 nitrogen and oxygen atoms in total. The lowest BCUT2D eigenvalue weighted by Gasteiger charge is -2.23. The van der Waals surface area contributed by atoms with Gasteiger partial charge in [-0.25, -0.2) is 0 Å². The molecular formula is C33H23. The average molecular weight is 420 g/mol. The van der Waals surface area contributed by atoms with Crippen molar-refractivity contribution in [2.75, 3.05) is 0 Å². The van der Waals surface area contributed by atoms with E-state index < -0.39 is 0 Å². The van der Waals surface area contributed by atoms with Crippen LogP contribution >= 0.6 is 0 Å². The summed E-state index contributed by atoms with van der Waals surface area (Å²) in [5.41, 5.74) is 14.7. The summed E-state index contributed by atoms with van der Waals surface area (Å²) in [4.78, 5) is 0. The SMILES string of the molecule is [CH2]c1c(C2c3ccccc3-c3ccccc32)cccc1C1c2ccccc2-c2ccccc21. The molecule has 0 bridgehead atoms. The topological polar surface area (TPSA) is 0 Å². The van der Waals surface area contributed by atoms with Crippen molar-refractivity contribution in [2.45, 2.75) is 11.8 Å². The zero-order chi connectivity index (χ0) is 21.9. The maximum absolute atomic E-state index is 4.70. The van der Waals surface area contributed by atoms with Gasteiger partial charge in [-0.1, -0.05) is 115 Å². The Hall–Kier alpha value is -3.90. The maximum atomic E-state index is 4.70. The lowest BCUT2D eigenvalue weighted by Crippen LogP contribution is -2.07. The molecule has 155 valence electrons. The molecule has 0 amide bonds. The minimum Gasteiger partial charge on any atom is -0.0619 e. The van der Waals surface area contributed by atoms with Crippen LogP contribution in [-0.4, -0.2) is 0 Å². The Bertz CT molecular complexity index is 1330. The molecule has 0 aliphatic heterocycles. The Morgan fingerprint density at radius 3 is 0.939 bits per heavy atom. The molecule has 7 rings (SSSR count). The second-order valence-electron chi connectivity index (χ2n) is 9.13. The maximum Gasteiger partial charge on any atom is 0.0355 e. The molecule has 0 saturated heterocycles. The van der Waals surface area contributed by atoms with Crippen LogP contribution in [0.4, 0.5) is 0 Å². The van der Waals surface area contributed by atoms with Crippen molar-refractivity contribution in [2.24, 2.45) is 0 Å². The Balaban J connectivity index is 1.45. The summed E-state index contributed by atoms with van der Waals surface area (Å²) >= 11 is 0. The monoisotopic (exact) mass is 419 g/mol. The van der Waals surface area contributed by atoms with Gasteiger partial charge in [-0.05, 0) is 68.1 Å². The van der Waals surface area contributed by atoms with Gasteiger partial charge in [0.2, 0.25) is 0 Å². The van der Waals surface area contributed by atoms with E-state index in [1.165, 1.54) is 55.6 Å². The smallest absolute Gasteiger partial charge is 0.0355 e. The van der Waals surface area contributed by atoms with Crippen molar-refractivity contribution in [1.82, 2.24) is 0 Å². The van der Waals surface area contributed by atoms with E-state index in [0.29, 0.717) is 0 Å².